The summed E-state index contributed by atoms with van der Waals surface area (Å²) < 4.78 is 10.4. The first kappa shape index (κ1) is 17.6. The lowest BCUT2D eigenvalue weighted by molar-refractivity contribution is 0.0769. The summed E-state index contributed by atoms with van der Waals surface area (Å²) >= 11 is 0. The van der Waals surface area contributed by atoms with E-state index < -0.39 is 0 Å². The van der Waals surface area contributed by atoms with Gasteiger partial charge in [-0.25, -0.2) is 0 Å². The molecule has 7 nitrogen and oxygen atoms in total. The number of methoxy groups -OCH3 is 1. The van der Waals surface area contributed by atoms with Gasteiger partial charge in [0.05, 0.1) is 6.54 Å². The van der Waals surface area contributed by atoms with E-state index in [4.69, 9.17) is 9.26 Å². The van der Waals surface area contributed by atoms with Crippen LogP contribution in [0.25, 0.3) is 0 Å². The number of ether oxygens (including phenoxy) is 1. The second-order valence-corrected chi connectivity index (χ2v) is 6.32. The van der Waals surface area contributed by atoms with Crippen molar-refractivity contribution >= 4 is 5.91 Å². The molecule has 0 saturated carbocycles. The van der Waals surface area contributed by atoms with Crippen molar-refractivity contribution in [3.8, 4) is 0 Å². The Morgan fingerprint density at radius 2 is 2.12 bits per heavy atom. The summed E-state index contributed by atoms with van der Waals surface area (Å²) in [5, 5.41) is 7.27. The molecule has 3 rings (SSSR count). The van der Waals surface area contributed by atoms with E-state index in [0.29, 0.717) is 17.3 Å². The zero-order valence-corrected chi connectivity index (χ0v) is 14.9. The van der Waals surface area contributed by atoms with Gasteiger partial charge in [0.25, 0.3) is 5.91 Å². The van der Waals surface area contributed by atoms with Crippen molar-refractivity contribution in [2.45, 2.75) is 32.4 Å². The molecule has 25 heavy (non-hydrogen) atoms. The van der Waals surface area contributed by atoms with Gasteiger partial charge in [-0.15, -0.1) is 0 Å². The SMILES string of the molecule is CO[C@H](C)c1noc(CN(C)C(=O)c2ccc3c(c2)CCNCC3)n1. The minimum absolute atomic E-state index is 0.0560. The predicted octanol–water partition coefficient (Wildman–Crippen LogP) is 1.74. The maximum Gasteiger partial charge on any atom is 0.254 e. The van der Waals surface area contributed by atoms with Gasteiger partial charge in [-0.1, -0.05) is 11.2 Å². The third kappa shape index (κ3) is 4.05. The van der Waals surface area contributed by atoms with Crippen LogP contribution >= 0.6 is 0 Å². The average molecular weight is 344 g/mol. The summed E-state index contributed by atoms with van der Waals surface area (Å²) in [7, 11) is 3.32. The summed E-state index contributed by atoms with van der Waals surface area (Å²) in [4.78, 5) is 18.6. The topological polar surface area (TPSA) is 80.5 Å². The van der Waals surface area contributed by atoms with E-state index in [1.54, 1.807) is 19.1 Å². The van der Waals surface area contributed by atoms with Gasteiger partial charge in [0.2, 0.25) is 5.89 Å². The van der Waals surface area contributed by atoms with Crippen LogP contribution in [0, 0.1) is 0 Å². The van der Waals surface area contributed by atoms with Crippen molar-refractivity contribution in [1.82, 2.24) is 20.4 Å². The van der Waals surface area contributed by atoms with E-state index >= 15 is 0 Å². The molecule has 2 aromatic rings. The number of aromatic nitrogens is 2. The van der Waals surface area contributed by atoms with Crippen molar-refractivity contribution in [1.29, 1.82) is 0 Å². The zero-order valence-electron chi connectivity index (χ0n) is 14.9. The van der Waals surface area contributed by atoms with Crippen molar-refractivity contribution in [2.24, 2.45) is 0 Å². The molecule has 1 aromatic carbocycles. The number of benzene rings is 1. The van der Waals surface area contributed by atoms with Crippen LogP contribution in [0.4, 0.5) is 0 Å². The average Bonchev–Trinajstić information content (AvgIpc) is 2.96. The number of fused-ring (bicyclic) bond motifs is 1. The van der Waals surface area contributed by atoms with Crippen molar-refractivity contribution in [3.05, 3.63) is 46.6 Å². The minimum atomic E-state index is -0.239. The van der Waals surface area contributed by atoms with Crippen molar-refractivity contribution < 1.29 is 14.1 Å². The van der Waals surface area contributed by atoms with Crippen LogP contribution < -0.4 is 5.32 Å². The van der Waals surface area contributed by atoms with E-state index in [0.717, 1.165) is 25.9 Å². The van der Waals surface area contributed by atoms with Crippen LogP contribution in [0.1, 0.15) is 46.2 Å². The molecular weight excluding hydrogens is 320 g/mol. The van der Waals surface area contributed by atoms with Gasteiger partial charge in [0.15, 0.2) is 5.82 Å². The molecule has 0 saturated heterocycles. The lowest BCUT2D eigenvalue weighted by atomic mass is 9.99. The molecule has 0 fully saturated rings. The highest BCUT2D eigenvalue weighted by Crippen LogP contribution is 2.18. The molecule has 1 atom stereocenters. The molecule has 1 aromatic heterocycles. The Kier molecular flexibility index (Phi) is 5.45. The molecular formula is C18H24N4O3. The quantitative estimate of drug-likeness (QED) is 0.890. The molecule has 2 heterocycles. The fourth-order valence-corrected chi connectivity index (χ4v) is 2.90. The molecule has 134 valence electrons. The fraction of sp³-hybridized carbons (Fsp3) is 0.500. The number of rotatable bonds is 5. The molecule has 1 aliphatic heterocycles. The smallest absolute Gasteiger partial charge is 0.254 e. The summed E-state index contributed by atoms with van der Waals surface area (Å²) in [5.74, 6) is 0.823. The number of carbonyl (C=O) groups is 1. The Labute approximate surface area is 147 Å². The van der Waals surface area contributed by atoms with E-state index in [-0.39, 0.29) is 18.6 Å². The second-order valence-electron chi connectivity index (χ2n) is 6.32. The highest BCUT2D eigenvalue weighted by atomic mass is 16.5. The zero-order chi connectivity index (χ0) is 17.8. The van der Waals surface area contributed by atoms with Crippen molar-refractivity contribution in [3.63, 3.8) is 0 Å². The Balaban J connectivity index is 1.70. The maximum absolute atomic E-state index is 12.7. The largest absolute Gasteiger partial charge is 0.374 e. The fourth-order valence-electron chi connectivity index (χ4n) is 2.90. The van der Waals surface area contributed by atoms with Gasteiger partial charge in [-0.3, -0.25) is 4.79 Å². The lowest BCUT2D eigenvalue weighted by Gasteiger charge is -2.16. The Hall–Kier alpha value is -2.25. The van der Waals surface area contributed by atoms with E-state index in [1.165, 1.54) is 11.1 Å². The normalized spacial score (nSPS) is 15.3. The molecule has 0 spiro atoms. The molecule has 1 aliphatic rings. The monoisotopic (exact) mass is 344 g/mol. The Morgan fingerprint density at radius 1 is 1.36 bits per heavy atom. The highest BCUT2D eigenvalue weighted by molar-refractivity contribution is 5.94. The summed E-state index contributed by atoms with van der Waals surface area (Å²) in [6.07, 6.45) is 1.71. The third-order valence-corrected chi connectivity index (χ3v) is 4.52. The number of nitrogens with zero attached hydrogens (tertiary/aromatic N) is 3. The van der Waals surface area contributed by atoms with E-state index in [2.05, 4.69) is 21.5 Å². The first-order chi connectivity index (χ1) is 12.1. The van der Waals surface area contributed by atoms with E-state index in [9.17, 15) is 4.79 Å². The third-order valence-electron chi connectivity index (χ3n) is 4.52. The molecule has 0 aliphatic carbocycles. The van der Waals surface area contributed by atoms with Crippen LogP contribution in [-0.4, -0.2) is 48.2 Å². The molecule has 0 radical (unpaired) electrons. The van der Waals surface area contributed by atoms with Crippen molar-refractivity contribution in [2.75, 3.05) is 27.2 Å². The number of hydrogen-bond donors (Lipinski definition) is 1. The number of hydrogen-bond acceptors (Lipinski definition) is 6. The first-order valence-corrected chi connectivity index (χ1v) is 8.51. The van der Waals surface area contributed by atoms with Crippen LogP contribution in [0.15, 0.2) is 22.7 Å². The Bertz CT molecular complexity index is 744. The number of amides is 1. The molecule has 0 bridgehead atoms. The van der Waals surface area contributed by atoms with Crippen LogP contribution in [-0.2, 0) is 24.1 Å². The Morgan fingerprint density at radius 3 is 2.88 bits per heavy atom. The van der Waals surface area contributed by atoms with Crippen LogP contribution in [0.3, 0.4) is 0 Å². The summed E-state index contributed by atoms with van der Waals surface area (Å²) in [6, 6.07) is 5.97. The first-order valence-electron chi connectivity index (χ1n) is 8.51. The van der Waals surface area contributed by atoms with Gasteiger partial charge in [0, 0.05) is 19.7 Å². The van der Waals surface area contributed by atoms with Gasteiger partial charge < -0.3 is 19.5 Å². The second kappa shape index (κ2) is 7.76. The lowest BCUT2D eigenvalue weighted by Crippen LogP contribution is -2.26. The minimum Gasteiger partial charge on any atom is -0.374 e. The van der Waals surface area contributed by atoms with Gasteiger partial charge in [0.1, 0.15) is 6.10 Å². The summed E-state index contributed by atoms with van der Waals surface area (Å²) in [6.45, 7) is 4.04. The number of nitrogens with one attached hydrogen (secondary N) is 1. The van der Waals surface area contributed by atoms with Gasteiger partial charge in [-0.05, 0) is 56.1 Å². The highest BCUT2D eigenvalue weighted by Gasteiger charge is 2.19. The molecule has 0 unspecified atom stereocenters. The van der Waals surface area contributed by atoms with Gasteiger partial charge in [-0.2, -0.15) is 4.98 Å². The van der Waals surface area contributed by atoms with E-state index in [1.807, 2.05) is 19.1 Å². The maximum atomic E-state index is 12.7. The van der Waals surface area contributed by atoms with Gasteiger partial charge >= 0.3 is 0 Å². The predicted molar refractivity (Wildman–Crippen MR) is 92.2 cm³/mol. The molecule has 1 amide bonds. The van der Waals surface area contributed by atoms with Crippen LogP contribution in [0.2, 0.25) is 0 Å². The number of carbonyl (C=O) groups excluding carboxylic acids is 1. The molecule has 7 heteroatoms. The summed E-state index contributed by atoms with van der Waals surface area (Å²) in [5.41, 5.74) is 3.26. The standard InChI is InChI=1S/C18H24N4O3/c1-12(24-3)17-20-16(25-21-17)11-22(2)18(23)15-5-4-13-6-8-19-9-7-14(13)10-15/h4-5,10,12,19H,6-9,11H2,1-3H3/t12-/m1/s1. The molecule has 1 N–H and O–H groups in total. The van der Waals surface area contributed by atoms with Crippen LogP contribution in [0.5, 0.6) is 0 Å².